The quantitative estimate of drug-likeness (QED) is 0.130. The number of ether oxygens (including phenoxy) is 4. The van der Waals surface area contributed by atoms with Crippen molar-refractivity contribution in [3.8, 4) is 17.2 Å². The zero-order valence-corrected chi connectivity index (χ0v) is 34.7. The van der Waals surface area contributed by atoms with Crippen molar-refractivity contribution in [1.29, 1.82) is 0 Å². The number of benzene rings is 2. The van der Waals surface area contributed by atoms with Gasteiger partial charge in [0.1, 0.15) is 29.0 Å². The molecule has 314 valence electrons. The fourth-order valence-electron chi connectivity index (χ4n) is 8.68. The summed E-state index contributed by atoms with van der Waals surface area (Å²) in [5.41, 5.74) is 0.197. The van der Waals surface area contributed by atoms with Crippen molar-refractivity contribution >= 4 is 51.7 Å². The summed E-state index contributed by atoms with van der Waals surface area (Å²) in [6, 6.07) is 0. The number of allylic oxidation sites excluding steroid dienone is 2. The zero-order chi connectivity index (χ0) is 42.6. The highest BCUT2D eigenvalue weighted by molar-refractivity contribution is 6.26. The van der Waals surface area contributed by atoms with E-state index in [1.807, 2.05) is 7.05 Å². The standard InChI is InChI=1S/C43H56N4O11/c1-20-12-11-13-21(2)41(54)45-33-32-31(46-43(18-44-32)15-16-47(9)19-43)28-29(37(33)52)36(51)25(6)39-30(28)40(53)42(8,58-39)56-17-14-27(55-10)22(3)38(57-26(7)48)24(5)35(50)23(4)34(20)49/h11-14,17-18,20,22-24,27,34-35,38,46,49-52H,15-16,19H2,1-10H3,(H,45,54)/t20-,22+,23+,24+,27-,34-,35+,38+,42-,43?/m0/s1. The smallest absolute Gasteiger partial charge is 0.312 e. The third-order valence-corrected chi connectivity index (χ3v) is 12.3. The Morgan fingerprint density at radius 3 is 2.34 bits per heavy atom. The highest BCUT2D eigenvalue weighted by Gasteiger charge is 2.51. The summed E-state index contributed by atoms with van der Waals surface area (Å²) >= 11 is 0. The van der Waals surface area contributed by atoms with E-state index >= 15 is 0 Å². The number of amides is 1. The van der Waals surface area contributed by atoms with Gasteiger partial charge >= 0.3 is 11.8 Å². The molecule has 0 aromatic heterocycles. The third-order valence-electron chi connectivity index (χ3n) is 12.3. The molecule has 0 aliphatic carbocycles. The molecule has 1 spiro atoms. The van der Waals surface area contributed by atoms with Gasteiger partial charge in [0.15, 0.2) is 5.75 Å². The highest BCUT2D eigenvalue weighted by atomic mass is 16.7. The number of aliphatic hydroxyl groups is 2. The maximum absolute atomic E-state index is 14.7. The highest BCUT2D eigenvalue weighted by Crippen LogP contribution is 2.58. The van der Waals surface area contributed by atoms with Crippen molar-refractivity contribution in [2.45, 2.75) is 97.6 Å². The van der Waals surface area contributed by atoms with E-state index in [-0.39, 0.29) is 50.3 Å². The summed E-state index contributed by atoms with van der Waals surface area (Å²) < 4.78 is 23.9. The number of aromatic hydroxyl groups is 2. The second-order valence-corrected chi connectivity index (χ2v) is 16.6. The molecule has 4 heterocycles. The second-order valence-electron chi connectivity index (χ2n) is 16.6. The molecule has 4 aliphatic heterocycles. The maximum Gasteiger partial charge on any atom is 0.312 e. The minimum atomic E-state index is -1.95. The van der Waals surface area contributed by atoms with Crippen LogP contribution in [0.3, 0.4) is 0 Å². The van der Waals surface area contributed by atoms with Gasteiger partial charge < -0.3 is 54.9 Å². The summed E-state index contributed by atoms with van der Waals surface area (Å²) in [7, 11) is 3.44. The number of phenols is 2. The first-order chi connectivity index (χ1) is 27.3. The van der Waals surface area contributed by atoms with Crippen LogP contribution in [-0.2, 0) is 23.8 Å². The lowest BCUT2D eigenvalue weighted by atomic mass is 9.78. The first kappa shape index (κ1) is 42.6. The Morgan fingerprint density at radius 2 is 1.71 bits per heavy atom. The van der Waals surface area contributed by atoms with Crippen molar-refractivity contribution < 1.29 is 53.8 Å². The van der Waals surface area contributed by atoms with Crippen molar-refractivity contribution in [2.24, 2.45) is 28.7 Å². The molecular formula is C43H56N4O11. The Kier molecular flexibility index (Phi) is 11.8. The number of rotatable bonds is 2. The molecule has 0 radical (unpaired) electrons. The largest absolute Gasteiger partial charge is 0.507 e. The molecule has 0 saturated carbocycles. The van der Waals surface area contributed by atoms with Crippen LogP contribution < -0.4 is 15.4 Å². The van der Waals surface area contributed by atoms with Gasteiger partial charge in [-0.25, -0.2) is 0 Å². The molecule has 6 N–H and O–H groups in total. The summed E-state index contributed by atoms with van der Waals surface area (Å²) in [5.74, 6) is -6.88. The first-order valence-corrected chi connectivity index (χ1v) is 19.7. The number of Topliss-reactive ketones (excluding diaryl/α,β-unsaturated/α-hetero) is 1. The number of aliphatic imine (C=N–C) groups is 1. The Hall–Kier alpha value is -4.96. The Labute approximate surface area is 338 Å². The van der Waals surface area contributed by atoms with E-state index in [2.05, 4.69) is 15.5 Å². The number of carbonyl (C=O) groups is 3. The van der Waals surface area contributed by atoms with Crippen LogP contribution >= 0.6 is 0 Å². The Balaban J connectivity index is 1.54. The number of ketones is 1. The predicted molar refractivity (Wildman–Crippen MR) is 219 cm³/mol. The average Bonchev–Trinajstić information content (AvgIpc) is 3.67. The van der Waals surface area contributed by atoms with Crippen molar-refractivity contribution in [2.75, 3.05) is 37.9 Å². The molecule has 15 nitrogen and oxygen atoms in total. The number of nitrogens with one attached hydrogen (secondary N) is 2. The van der Waals surface area contributed by atoms with Crippen LogP contribution in [0.5, 0.6) is 17.2 Å². The summed E-state index contributed by atoms with van der Waals surface area (Å²) in [6.45, 7) is 14.2. The summed E-state index contributed by atoms with van der Waals surface area (Å²) in [4.78, 5) is 47.7. The van der Waals surface area contributed by atoms with E-state index in [0.717, 1.165) is 6.54 Å². The number of hydrogen-bond donors (Lipinski definition) is 6. The molecule has 1 saturated heterocycles. The molecule has 10 atom stereocenters. The van der Waals surface area contributed by atoms with E-state index in [1.165, 1.54) is 27.2 Å². The molecule has 1 fully saturated rings. The number of likely N-dealkylation sites (tertiary alicyclic amines) is 1. The van der Waals surface area contributed by atoms with Crippen molar-refractivity contribution in [3.05, 3.63) is 47.3 Å². The molecule has 1 unspecified atom stereocenters. The van der Waals surface area contributed by atoms with Crippen molar-refractivity contribution in [3.63, 3.8) is 0 Å². The van der Waals surface area contributed by atoms with Crippen LogP contribution in [0.1, 0.15) is 70.8 Å². The minimum Gasteiger partial charge on any atom is -0.507 e. The molecule has 2 aromatic carbocycles. The van der Waals surface area contributed by atoms with Crippen LogP contribution in [0.2, 0.25) is 0 Å². The van der Waals surface area contributed by atoms with Crippen LogP contribution in [0.4, 0.5) is 17.1 Å². The van der Waals surface area contributed by atoms with Crippen LogP contribution in [0.15, 0.2) is 41.1 Å². The fraction of sp³-hybridized carbons (Fsp3) is 0.535. The lowest BCUT2D eigenvalue weighted by Gasteiger charge is -2.38. The fourth-order valence-corrected chi connectivity index (χ4v) is 8.68. The number of fused-ring (bicyclic) bond motifs is 1. The number of methoxy groups -OCH3 is 1. The van der Waals surface area contributed by atoms with Gasteiger partial charge in [-0.15, -0.1) is 0 Å². The van der Waals surface area contributed by atoms with Gasteiger partial charge in [-0.2, -0.15) is 0 Å². The summed E-state index contributed by atoms with van der Waals surface area (Å²) in [5, 5.41) is 53.1. The second kappa shape index (κ2) is 16.0. The van der Waals surface area contributed by atoms with E-state index < -0.39 is 82.8 Å². The van der Waals surface area contributed by atoms with Gasteiger partial charge in [0.2, 0.25) is 0 Å². The van der Waals surface area contributed by atoms with Gasteiger partial charge in [0.05, 0.1) is 46.7 Å². The zero-order valence-electron chi connectivity index (χ0n) is 34.7. The van der Waals surface area contributed by atoms with Gasteiger partial charge in [-0.3, -0.25) is 19.4 Å². The number of phenolic OH excluding ortho intramolecular Hbond substituents is 2. The maximum atomic E-state index is 14.7. The SMILES string of the molecule is CO[C@H]1C=CO[C@@]2(C)Oc3c(C)c(O)c4c(O)c(c5c(c4c3C2=O)NC2(C=N5)CCN(C)C2)NC(=O)C(C)=CC=C[C@H](C)[C@H](O)[C@@H](C)[C@@H](O)[C@@H](C)[C@H](OC(C)=O)[C@@H]1C. The van der Waals surface area contributed by atoms with Crippen LogP contribution in [0.25, 0.3) is 10.8 Å². The molecular weight excluding hydrogens is 748 g/mol. The number of carbonyl (C=O) groups excluding carboxylic acids is 3. The molecule has 58 heavy (non-hydrogen) atoms. The molecule has 2 aromatic rings. The Bertz CT molecular complexity index is 2130. The number of esters is 1. The monoisotopic (exact) mass is 804 g/mol. The van der Waals surface area contributed by atoms with E-state index in [9.17, 15) is 34.8 Å². The van der Waals surface area contributed by atoms with Gasteiger partial charge in [-0.05, 0) is 33.4 Å². The van der Waals surface area contributed by atoms with Crippen molar-refractivity contribution in [1.82, 2.24) is 4.90 Å². The average molecular weight is 805 g/mol. The number of hydrogen-bond acceptors (Lipinski definition) is 14. The topological polar surface area (TPSA) is 209 Å². The van der Waals surface area contributed by atoms with Crippen LogP contribution in [0, 0.1) is 30.6 Å². The lowest BCUT2D eigenvalue weighted by Crippen LogP contribution is -2.46. The first-order valence-electron chi connectivity index (χ1n) is 19.7. The molecule has 4 bridgehead atoms. The lowest BCUT2D eigenvalue weighted by molar-refractivity contribution is -0.160. The predicted octanol–water partition coefficient (Wildman–Crippen LogP) is 5.25. The van der Waals surface area contributed by atoms with Crippen LogP contribution in [-0.4, -0.2) is 112 Å². The third kappa shape index (κ3) is 7.44. The van der Waals surface area contributed by atoms with E-state index in [0.29, 0.717) is 18.7 Å². The molecule has 1 amide bonds. The van der Waals surface area contributed by atoms with E-state index in [4.69, 9.17) is 23.9 Å². The number of aliphatic hydroxyl groups excluding tert-OH is 2. The number of likely N-dealkylation sites (N-methyl/N-ethyl adjacent to an activating group) is 1. The number of nitrogens with zero attached hydrogens (tertiary/aromatic N) is 2. The van der Waals surface area contributed by atoms with E-state index in [1.54, 1.807) is 72.1 Å². The van der Waals surface area contributed by atoms with Gasteiger partial charge in [0, 0.05) is 80.5 Å². The minimum absolute atomic E-state index is 0.0484. The molecule has 15 heteroatoms. The van der Waals surface area contributed by atoms with Gasteiger partial charge in [0.25, 0.3) is 11.7 Å². The summed E-state index contributed by atoms with van der Waals surface area (Å²) in [6.07, 6.45) is 6.34. The Morgan fingerprint density at radius 1 is 1.00 bits per heavy atom. The molecule has 4 aliphatic rings. The van der Waals surface area contributed by atoms with Gasteiger partial charge in [-0.1, -0.05) is 45.9 Å². The number of anilines is 2. The normalized spacial score (nSPS) is 33.1. The molecule has 6 rings (SSSR count).